The third kappa shape index (κ3) is 2.66. The summed E-state index contributed by atoms with van der Waals surface area (Å²) in [6.45, 7) is 4.97. The molecular formula is C14H19NO4. The number of benzene rings is 1. The first kappa shape index (κ1) is 13.7. The highest BCUT2D eigenvalue weighted by Crippen LogP contribution is 2.35. The van der Waals surface area contributed by atoms with Crippen molar-refractivity contribution < 1.29 is 20.1 Å². The summed E-state index contributed by atoms with van der Waals surface area (Å²) in [6, 6.07) is 4.28. The maximum Gasteiger partial charge on any atom is 0.308 e. The first-order valence-corrected chi connectivity index (χ1v) is 6.39. The van der Waals surface area contributed by atoms with Crippen molar-refractivity contribution in [3.63, 3.8) is 0 Å². The molecule has 0 radical (unpaired) electrons. The topological polar surface area (TPSA) is 81.0 Å². The molecule has 1 fully saturated rings. The fourth-order valence-corrected chi connectivity index (χ4v) is 2.72. The highest BCUT2D eigenvalue weighted by Gasteiger charge is 2.37. The fourth-order valence-electron chi connectivity index (χ4n) is 2.72. The summed E-state index contributed by atoms with van der Waals surface area (Å²) in [5.74, 6) is -0.845. The van der Waals surface area contributed by atoms with Gasteiger partial charge in [-0.25, -0.2) is 0 Å². The predicted molar refractivity (Wildman–Crippen MR) is 70.0 cm³/mol. The van der Waals surface area contributed by atoms with Crippen molar-refractivity contribution in [2.75, 3.05) is 13.1 Å². The summed E-state index contributed by atoms with van der Waals surface area (Å²) in [7, 11) is 0. The third-order valence-corrected chi connectivity index (χ3v) is 3.97. The van der Waals surface area contributed by atoms with Gasteiger partial charge in [-0.3, -0.25) is 9.69 Å². The van der Waals surface area contributed by atoms with Crippen molar-refractivity contribution in [1.29, 1.82) is 0 Å². The lowest BCUT2D eigenvalue weighted by atomic mass is 9.99. The van der Waals surface area contributed by atoms with E-state index in [4.69, 9.17) is 5.11 Å². The summed E-state index contributed by atoms with van der Waals surface area (Å²) in [6.07, 6.45) is 0. The Labute approximate surface area is 112 Å². The van der Waals surface area contributed by atoms with Crippen LogP contribution in [0.15, 0.2) is 18.2 Å². The summed E-state index contributed by atoms with van der Waals surface area (Å²) < 4.78 is 0. The lowest BCUT2D eigenvalue weighted by molar-refractivity contribution is -0.142. The highest BCUT2D eigenvalue weighted by molar-refractivity contribution is 5.71. The quantitative estimate of drug-likeness (QED) is 0.726. The first-order chi connectivity index (χ1) is 8.90. The zero-order chi connectivity index (χ0) is 14.2. The Bertz CT molecular complexity index is 488. The molecule has 1 heterocycles. The Kier molecular flexibility index (Phi) is 3.66. The number of carboxylic acid groups (broad SMARTS) is 1. The van der Waals surface area contributed by atoms with E-state index in [1.165, 1.54) is 18.2 Å². The van der Waals surface area contributed by atoms with Gasteiger partial charge in [0.25, 0.3) is 0 Å². The Morgan fingerprint density at radius 2 is 2.05 bits per heavy atom. The van der Waals surface area contributed by atoms with Crippen LogP contribution in [0.3, 0.4) is 0 Å². The molecule has 1 unspecified atom stereocenters. The molecule has 0 bridgehead atoms. The van der Waals surface area contributed by atoms with Crippen LogP contribution < -0.4 is 0 Å². The Morgan fingerprint density at radius 3 is 2.63 bits per heavy atom. The van der Waals surface area contributed by atoms with Crippen LogP contribution >= 0.6 is 0 Å². The molecule has 0 spiro atoms. The smallest absolute Gasteiger partial charge is 0.308 e. The van der Waals surface area contributed by atoms with Gasteiger partial charge < -0.3 is 15.3 Å². The van der Waals surface area contributed by atoms with Crippen LogP contribution in [0.4, 0.5) is 0 Å². The van der Waals surface area contributed by atoms with Crippen LogP contribution in [0.2, 0.25) is 0 Å². The summed E-state index contributed by atoms with van der Waals surface area (Å²) in [5, 5.41) is 28.5. The number of rotatable bonds is 3. The molecule has 1 aliphatic rings. The van der Waals surface area contributed by atoms with Crippen molar-refractivity contribution >= 4 is 5.97 Å². The minimum Gasteiger partial charge on any atom is -0.508 e. The molecule has 3 atom stereocenters. The number of nitrogens with zero attached hydrogens (tertiary/aromatic N) is 1. The second-order valence-corrected chi connectivity index (χ2v) is 5.30. The van der Waals surface area contributed by atoms with E-state index in [-0.39, 0.29) is 29.4 Å². The van der Waals surface area contributed by atoms with Gasteiger partial charge in [-0.15, -0.1) is 0 Å². The number of aromatic hydroxyl groups is 2. The van der Waals surface area contributed by atoms with Crippen molar-refractivity contribution in [3.05, 3.63) is 23.8 Å². The third-order valence-electron chi connectivity index (χ3n) is 3.97. The van der Waals surface area contributed by atoms with Gasteiger partial charge in [0.15, 0.2) is 0 Å². The van der Waals surface area contributed by atoms with Gasteiger partial charge in [0.2, 0.25) is 0 Å². The van der Waals surface area contributed by atoms with Gasteiger partial charge in [-0.1, -0.05) is 6.92 Å². The maximum absolute atomic E-state index is 11.1. The SMILES string of the molecule is CC(c1cc(O)ccc1O)N1C[C@@H](C)[C@H](C(=O)O)C1. The Balaban J connectivity index is 2.19. The molecule has 5 heteroatoms. The number of hydrogen-bond acceptors (Lipinski definition) is 4. The zero-order valence-corrected chi connectivity index (χ0v) is 11.1. The standard InChI is InChI=1S/C14H19NO4/c1-8-6-15(7-12(8)14(18)19)9(2)11-5-10(16)3-4-13(11)17/h3-5,8-9,12,16-17H,6-7H2,1-2H3,(H,18,19)/t8-,9?,12-/m1/s1. The monoisotopic (exact) mass is 265 g/mol. The lowest BCUT2D eigenvalue weighted by Crippen LogP contribution is -2.26. The van der Waals surface area contributed by atoms with E-state index in [9.17, 15) is 15.0 Å². The summed E-state index contributed by atoms with van der Waals surface area (Å²) >= 11 is 0. The number of aliphatic carboxylic acids is 1. The molecule has 19 heavy (non-hydrogen) atoms. The number of carboxylic acids is 1. The molecule has 1 aromatic carbocycles. The first-order valence-electron chi connectivity index (χ1n) is 6.39. The van der Waals surface area contributed by atoms with Crippen LogP contribution in [-0.2, 0) is 4.79 Å². The maximum atomic E-state index is 11.1. The number of likely N-dealkylation sites (tertiary alicyclic amines) is 1. The fraction of sp³-hybridized carbons (Fsp3) is 0.500. The number of hydrogen-bond donors (Lipinski definition) is 3. The van der Waals surface area contributed by atoms with E-state index in [1.807, 2.05) is 18.7 Å². The van der Waals surface area contributed by atoms with E-state index < -0.39 is 5.97 Å². The van der Waals surface area contributed by atoms with E-state index in [2.05, 4.69) is 0 Å². The van der Waals surface area contributed by atoms with Crippen LogP contribution in [0, 0.1) is 11.8 Å². The largest absolute Gasteiger partial charge is 0.508 e. The normalized spacial score (nSPS) is 25.4. The van der Waals surface area contributed by atoms with Crippen molar-refractivity contribution in [2.24, 2.45) is 11.8 Å². The molecule has 3 N–H and O–H groups in total. The average molecular weight is 265 g/mol. The number of carbonyl (C=O) groups is 1. The zero-order valence-electron chi connectivity index (χ0n) is 11.1. The van der Waals surface area contributed by atoms with Gasteiger partial charge in [-0.2, -0.15) is 0 Å². The van der Waals surface area contributed by atoms with Crippen molar-refractivity contribution in [2.45, 2.75) is 19.9 Å². The molecule has 0 amide bonds. The molecule has 5 nitrogen and oxygen atoms in total. The van der Waals surface area contributed by atoms with Crippen LogP contribution in [0.5, 0.6) is 11.5 Å². The lowest BCUT2D eigenvalue weighted by Gasteiger charge is -2.25. The molecule has 104 valence electrons. The molecule has 1 saturated heterocycles. The molecule has 1 aliphatic heterocycles. The molecular weight excluding hydrogens is 246 g/mol. The minimum atomic E-state index is -0.776. The Morgan fingerprint density at radius 1 is 1.37 bits per heavy atom. The van der Waals surface area contributed by atoms with Gasteiger partial charge in [-0.05, 0) is 31.0 Å². The summed E-state index contributed by atoms with van der Waals surface area (Å²) in [5.41, 5.74) is 0.623. The van der Waals surface area contributed by atoms with Gasteiger partial charge in [0.1, 0.15) is 11.5 Å². The van der Waals surface area contributed by atoms with Crippen LogP contribution in [0.1, 0.15) is 25.5 Å². The highest BCUT2D eigenvalue weighted by atomic mass is 16.4. The van der Waals surface area contributed by atoms with Crippen LogP contribution in [0.25, 0.3) is 0 Å². The summed E-state index contributed by atoms with van der Waals surface area (Å²) in [4.78, 5) is 13.1. The van der Waals surface area contributed by atoms with Gasteiger partial charge >= 0.3 is 5.97 Å². The Hall–Kier alpha value is -1.75. The second-order valence-electron chi connectivity index (χ2n) is 5.30. The molecule has 0 saturated carbocycles. The van der Waals surface area contributed by atoms with E-state index in [1.54, 1.807) is 0 Å². The van der Waals surface area contributed by atoms with E-state index >= 15 is 0 Å². The van der Waals surface area contributed by atoms with Crippen molar-refractivity contribution in [1.82, 2.24) is 4.90 Å². The minimum absolute atomic E-state index is 0.0828. The van der Waals surface area contributed by atoms with Crippen molar-refractivity contribution in [3.8, 4) is 11.5 Å². The van der Waals surface area contributed by atoms with Gasteiger partial charge in [0.05, 0.1) is 5.92 Å². The van der Waals surface area contributed by atoms with E-state index in [0.717, 1.165) is 0 Å². The molecule has 0 aliphatic carbocycles. The second kappa shape index (κ2) is 5.09. The predicted octanol–water partition coefficient (Wildman–Crippen LogP) is 1.81. The molecule has 1 aromatic rings. The molecule has 2 rings (SSSR count). The number of phenolic OH excluding ortho intramolecular Hbond substituents is 2. The molecule has 0 aromatic heterocycles. The average Bonchev–Trinajstić information content (AvgIpc) is 2.74. The van der Waals surface area contributed by atoms with E-state index in [0.29, 0.717) is 18.7 Å². The number of phenols is 2. The van der Waals surface area contributed by atoms with Crippen LogP contribution in [-0.4, -0.2) is 39.3 Å². The van der Waals surface area contributed by atoms with Gasteiger partial charge in [0, 0.05) is 24.7 Å².